The van der Waals surface area contributed by atoms with Gasteiger partial charge >= 0.3 is 0 Å². The van der Waals surface area contributed by atoms with E-state index in [1.807, 2.05) is 0 Å². The van der Waals surface area contributed by atoms with Gasteiger partial charge in [0, 0.05) is 3.57 Å². The molecule has 78 valence electrons. The summed E-state index contributed by atoms with van der Waals surface area (Å²) in [5.74, 6) is 1.54. The molecule has 0 aliphatic carbocycles. The van der Waals surface area contributed by atoms with Crippen molar-refractivity contribution in [2.75, 3.05) is 0 Å². The molecule has 0 unspecified atom stereocenters. The fourth-order valence-corrected chi connectivity index (χ4v) is 1.92. The summed E-state index contributed by atoms with van der Waals surface area (Å²) in [6.07, 6.45) is 0.244. The normalized spacial score (nSPS) is 11.1. The lowest BCUT2D eigenvalue weighted by Gasteiger charge is -2.13. The maximum Gasteiger partial charge on any atom is 0.121 e. The van der Waals surface area contributed by atoms with Gasteiger partial charge in [0.05, 0.1) is 6.10 Å². The Morgan fingerprint density at radius 2 is 1.71 bits per heavy atom. The Labute approximate surface area is 100.0 Å². The van der Waals surface area contributed by atoms with Crippen molar-refractivity contribution in [1.82, 2.24) is 0 Å². The summed E-state index contributed by atoms with van der Waals surface area (Å²) in [5.41, 5.74) is 1.34. The molecule has 0 heterocycles. The van der Waals surface area contributed by atoms with Crippen LogP contribution in [0, 0.1) is 3.57 Å². The van der Waals surface area contributed by atoms with Gasteiger partial charge in [0.1, 0.15) is 5.75 Å². The van der Waals surface area contributed by atoms with E-state index >= 15 is 0 Å². The molecule has 0 saturated heterocycles. The molecule has 14 heavy (non-hydrogen) atoms. The van der Waals surface area contributed by atoms with E-state index in [1.54, 1.807) is 0 Å². The molecule has 0 bridgehead atoms. The van der Waals surface area contributed by atoms with Crippen LogP contribution in [-0.2, 0) is 0 Å². The Hall–Kier alpha value is -0.250. The summed E-state index contributed by atoms with van der Waals surface area (Å²) < 4.78 is 6.92. The Balaban J connectivity index is 2.95. The highest BCUT2D eigenvalue weighted by Crippen LogP contribution is 2.24. The molecule has 1 nitrogen and oxygen atoms in total. The number of rotatable bonds is 3. The summed E-state index contributed by atoms with van der Waals surface area (Å²) in [5, 5.41) is 0. The molecular weight excluding hydrogens is 287 g/mol. The van der Waals surface area contributed by atoms with Crippen LogP contribution in [0.3, 0.4) is 0 Å². The van der Waals surface area contributed by atoms with Crippen molar-refractivity contribution in [3.63, 3.8) is 0 Å². The van der Waals surface area contributed by atoms with Crippen molar-refractivity contribution in [2.45, 2.75) is 39.7 Å². The molecule has 0 saturated carbocycles. The van der Waals surface area contributed by atoms with Crippen molar-refractivity contribution in [2.24, 2.45) is 0 Å². The van der Waals surface area contributed by atoms with Crippen molar-refractivity contribution in [1.29, 1.82) is 0 Å². The van der Waals surface area contributed by atoms with Gasteiger partial charge in [-0.25, -0.2) is 0 Å². The van der Waals surface area contributed by atoms with Gasteiger partial charge in [0.25, 0.3) is 0 Å². The zero-order chi connectivity index (χ0) is 10.7. The molecule has 0 atom stereocenters. The Kier molecular flexibility index (Phi) is 4.23. The first kappa shape index (κ1) is 11.8. The molecule has 0 N–H and O–H groups in total. The average molecular weight is 304 g/mol. The van der Waals surface area contributed by atoms with Crippen molar-refractivity contribution >= 4 is 22.6 Å². The first-order valence-electron chi connectivity index (χ1n) is 4.96. The molecule has 0 aliphatic rings. The molecule has 1 aromatic carbocycles. The molecule has 0 spiro atoms. The van der Waals surface area contributed by atoms with Crippen molar-refractivity contribution in [3.8, 4) is 5.75 Å². The van der Waals surface area contributed by atoms with Gasteiger partial charge in [0.2, 0.25) is 0 Å². The second-order valence-corrected chi connectivity index (χ2v) is 5.29. The second kappa shape index (κ2) is 5.01. The third-order valence-corrected chi connectivity index (χ3v) is 2.55. The lowest BCUT2D eigenvalue weighted by atomic mass is 10.0. The van der Waals surface area contributed by atoms with Gasteiger partial charge in [-0.05, 0) is 66.1 Å². The molecule has 0 amide bonds. The topological polar surface area (TPSA) is 9.23 Å². The number of hydrogen-bond acceptors (Lipinski definition) is 1. The Morgan fingerprint density at radius 3 is 2.21 bits per heavy atom. The monoisotopic (exact) mass is 304 g/mol. The van der Waals surface area contributed by atoms with Crippen LogP contribution in [-0.4, -0.2) is 6.10 Å². The summed E-state index contributed by atoms with van der Waals surface area (Å²) in [7, 11) is 0. The molecule has 0 fully saturated rings. The van der Waals surface area contributed by atoms with Gasteiger partial charge in [-0.1, -0.05) is 13.8 Å². The minimum Gasteiger partial charge on any atom is -0.491 e. The lowest BCUT2D eigenvalue weighted by Crippen LogP contribution is -2.06. The predicted molar refractivity (Wildman–Crippen MR) is 69.0 cm³/mol. The lowest BCUT2D eigenvalue weighted by molar-refractivity contribution is 0.242. The first-order valence-corrected chi connectivity index (χ1v) is 6.04. The minimum absolute atomic E-state index is 0.244. The fraction of sp³-hybridized carbons (Fsp3) is 0.500. The predicted octanol–water partition coefficient (Wildman–Crippen LogP) is 4.20. The summed E-state index contributed by atoms with van der Waals surface area (Å²) >= 11 is 2.33. The maximum atomic E-state index is 5.68. The molecular formula is C12H17IO. The highest BCUT2D eigenvalue weighted by Gasteiger charge is 2.04. The fourth-order valence-electron chi connectivity index (χ4n) is 1.26. The van der Waals surface area contributed by atoms with Gasteiger partial charge in [0.15, 0.2) is 0 Å². The van der Waals surface area contributed by atoms with Crippen molar-refractivity contribution < 1.29 is 4.74 Å². The zero-order valence-corrected chi connectivity index (χ0v) is 11.3. The molecule has 0 aromatic heterocycles. The van der Waals surface area contributed by atoms with Crippen LogP contribution in [0.25, 0.3) is 0 Å². The van der Waals surface area contributed by atoms with E-state index in [1.165, 1.54) is 9.13 Å². The van der Waals surface area contributed by atoms with E-state index in [4.69, 9.17) is 4.74 Å². The average Bonchev–Trinajstić information content (AvgIpc) is 2.01. The zero-order valence-electron chi connectivity index (χ0n) is 9.17. The maximum absolute atomic E-state index is 5.68. The van der Waals surface area contributed by atoms with Crippen LogP contribution >= 0.6 is 22.6 Å². The molecule has 1 rings (SSSR count). The van der Waals surface area contributed by atoms with Crippen LogP contribution in [0.5, 0.6) is 5.75 Å². The van der Waals surface area contributed by atoms with Crippen molar-refractivity contribution in [3.05, 3.63) is 27.3 Å². The van der Waals surface area contributed by atoms with Gasteiger partial charge in [-0.15, -0.1) is 0 Å². The molecule has 2 heteroatoms. The highest BCUT2D eigenvalue weighted by atomic mass is 127. The smallest absolute Gasteiger partial charge is 0.121 e. The van der Waals surface area contributed by atoms with E-state index in [2.05, 4.69) is 68.5 Å². The molecule has 0 aliphatic heterocycles. The second-order valence-electron chi connectivity index (χ2n) is 4.04. The first-order chi connectivity index (χ1) is 6.49. The molecule has 1 aromatic rings. The number of halogens is 1. The Bertz CT molecular complexity index is 305. The largest absolute Gasteiger partial charge is 0.491 e. The minimum atomic E-state index is 0.244. The highest BCUT2D eigenvalue weighted by molar-refractivity contribution is 14.1. The van der Waals surface area contributed by atoms with Crippen LogP contribution in [0.4, 0.5) is 0 Å². The van der Waals surface area contributed by atoms with Crippen LogP contribution < -0.4 is 4.74 Å². The summed E-state index contributed by atoms with van der Waals surface area (Å²) in [6, 6.07) is 6.41. The van der Waals surface area contributed by atoms with Gasteiger partial charge in [-0.3, -0.25) is 0 Å². The Morgan fingerprint density at radius 1 is 1.07 bits per heavy atom. The summed E-state index contributed by atoms with van der Waals surface area (Å²) in [6.45, 7) is 8.50. The van der Waals surface area contributed by atoms with Crippen LogP contribution in [0.1, 0.15) is 39.2 Å². The number of ether oxygens (including phenoxy) is 1. The van der Waals surface area contributed by atoms with E-state index in [9.17, 15) is 0 Å². The third-order valence-electron chi connectivity index (χ3n) is 1.93. The van der Waals surface area contributed by atoms with E-state index in [-0.39, 0.29) is 6.10 Å². The van der Waals surface area contributed by atoms with E-state index in [0.717, 1.165) is 5.75 Å². The molecule has 0 radical (unpaired) electrons. The number of hydrogen-bond donors (Lipinski definition) is 0. The van der Waals surface area contributed by atoms with E-state index < -0.39 is 0 Å². The standard InChI is InChI=1S/C12H17IO/c1-8(2)10-5-11(13)7-12(6-10)14-9(3)4/h5-9H,1-4H3. The van der Waals surface area contributed by atoms with E-state index in [0.29, 0.717) is 5.92 Å². The quantitative estimate of drug-likeness (QED) is 0.760. The van der Waals surface area contributed by atoms with Crippen LogP contribution in [0.2, 0.25) is 0 Å². The summed E-state index contributed by atoms with van der Waals surface area (Å²) in [4.78, 5) is 0. The number of benzene rings is 1. The van der Waals surface area contributed by atoms with Gasteiger partial charge < -0.3 is 4.74 Å². The third kappa shape index (κ3) is 3.48. The SMILES string of the molecule is CC(C)Oc1cc(I)cc(C(C)C)c1. The van der Waals surface area contributed by atoms with Gasteiger partial charge in [-0.2, -0.15) is 0 Å². The van der Waals surface area contributed by atoms with Crippen LogP contribution in [0.15, 0.2) is 18.2 Å².